The Hall–Kier alpha value is -1.30. The van der Waals surface area contributed by atoms with E-state index < -0.39 is 5.91 Å². The van der Waals surface area contributed by atoms with Gasteiger partial charge in [0.15, 0.2) is 0 Å². The SMILES string of the molecule is CC(C)c1nc(C(=O)Nc2c(Cl)cc(Cl)cc2Cl)n[nH]1. The van der Waals surface area contributed by atoms with Crippen LogP contribution in [0.4, 0.5) is 5.69 Å². The molecule has 1 heterocycles. The average molecular weight is 334 g/mol. The number of hydrogen-bond donors (Lipinski definition) is 2. The van der Waals surface area contributed by atoms with E-state index in [4.69, 9.17) is 34.8 Å². The van der Waals surface area contributed by atoms with Gasteiger partial charge in [-0.05, 0) is 12.1 Å². The summed E-state index contributed by atoms with van der Waals surface area (Å²) in [6.07, 6.45) is 0. The number of carbonyl (C=O) groups is 1. The molecule has 1 amide bonds. The summed E-state index contributed by atoms with van der Waals surface area (Å²) in [6.45, 7) is 3.88. The van der Waals surface area contributed by atoms with Gasteiger partial charge in [-0.15, -0.1) is 5.10 Å². The summed E-state index contributed by atoms with van der Waals surface area (Å²) in [5.41, 5.74) is 0.277. The van der Waals surface area contributed by atoms with Gasteiger partial charge in [0, 0.05) is 10.9 Å². The molecule has 5 nitrogen and oxygen atoms in total. The molecule has 2 N–H and O–H groups in total. The quantitative estimate of drug-likeness (QED) is 0.886. The van der Waals surface area contributed by atoms with Gasteiger partial charge in [-0.3, -0.25) is 9.89 Å². The maximum atomic E-state index is 12.0. The van der Waals surface area contributed by atoms with E-state index in [2.05, 4.69) is 20.5 Å². The number of aromatic nitrogens is 3. The Morgan fingerprint density at radius 1 is 1.25 bits per heavy atom. The fourth-order valence-corrected chi connectivity index (χ4v) is 2.38. The fraction of sp³-hybridized carbons (Fsp3) is 0.250. The Bertz CT molecular complexity index is 631. The first-order chi connectivity index (χ1) is 9.38. The third-order valence-electron chi connectivity index (χ3n) is 2.50. The zero-order valence-corrected chi connectivity index (χ0v) is 12.9. The summed E-state index contributed by atoms with van der Waals surface area (Å²) in [5.74, 6) is 0.297. The molecule has 8 heteroatoms. The number of carbonyl (C=O) groups excluding carboxylic acids is 1. The van der Waals surface area contributed by atoms with E-state index in [-0.39, 0.29) is 27.5 Å². The van der Waals surface area contributed by atoms with E-state index in [1.165, 1.54) is 12.1 Å². The van der Waals surface area contributed by atoms with E-state index in [0.717, 1.165) is 0 Å². The smallest absolute Gasteiger partial charge is 0.295 e. The van der Waals surface area contributed by atoms with Crippen molar-refractivity contribution in [2.75, 3.05) is 5.32 Å². The van der Waals surface area contributed by atoms with Crippen LogP contribution in [0.25, 0.3) is 0 Å². The van der Waals surface area contributed by atoms with Crippen molar-refractivity contribution >= 4 is 46.4 Å². The molecule has 0 fully saturated rings. The molecule has 0 saturated carbocycles. The maximum absolute atomic E-state index is 12.0. The third kappa shape index (κ3) is 3.23. The molecule has 0 unspecified atom stereocenters. The lowest BCUT2D eigenvalue weighted by molar-refractivity contribution is 0.101. The molecule has 106 valence electrons. The molecule has 2 aromatic rings. The predicted molar refractivity (Wildman–Crippen MR) is 79.9 cm³/mol. The maximum Gasteiger partial charge on any atom is 0.295 e. The average Bonchev–Trinajstić information content (AvgIpc) is 2.83. The third-order valence-corrected chi connectivity index (χ3v) is 3.31. The monoisotopic (exact) mass is 332 g/mol. The lowest BCUT2D eigenvalue weighted by Gasteiger charge is -2.08. The summed E-state index contributed by atoms with van der Waals surface area (Å²) in [7, 11) is 0. The number of H-pyrrole nitrogens is 1. The molecular formula is C12H11Cl3N4O. The van der Waals surface area contributed by atoms with Crippen LogP contribution in [0.3, 0.4) is 0 Å². The molecule has 0 radical (unpaired) electrons. The lowest BCUT2D eigenvalue weighted by atomic mass is 10.2. The molecule has 1 aromatic heterocycles. The number of nitrogens with zero attached hydrogens (tertiary/aromatic N) is 2. The highest BCUT2D eigenvalue weighted by Crippen LogP contribution is 2.33. The highest BCUT2D eigenvalue weighted by Gasteiger charge is 2.17. The Kier molecular flexibility index (Phi) is 4.52. The second-order valence-electron chi connectivity index (χ2n) is 4.40. The molecule has 2 rings (SSSR count). The number of hydrogen-bond acceptors (Lipinski definition) is 3. The van der Waals surface area contributed by atoms with Crippen LogP contribution in [0.5, 0.6) is 0 Å². The van der Waals surface area contributed by atoms with Crippen molar-refractivity contribution in [1.82, 2.24) is 15.2 Å². The molecule has 0 aliphatic carbocycles. The predicted octanol–water partition coefficient (Wildman–Crippen LogP) is 4.14. The van der Waals surface area contributed by atoms with Crippen molar-refractivity contribution in [3.8, 4) is 0 Å². The minimum Gasteiger partial charge on any atom is -0.317 e. The van der Waals surface area contributed by atoms with E-state index in [0.29, 0.717) is 10.8 Å². The van der Waals surface area contributed by atoms with Crippen LogP contribution in [0.2, 0.25) is 15.1 Å². The molecule has 0 spiro atoms. The van der Waals surface area contributed by atoms with Gasteiger partial charge < -0.3 is 5.32 Å². The van der Waals surface area contributed by atoms with Gasteiger partial charge in [0.25, 0.3) is 5.91 Å². The van der Waals surface area contributed by atoms with Crippen LogP contribution in [-0.2, 0) is 0 Å². The van der Waals surface area contributed by atoms with Crippen LogP contribution in [0, 0.1) is 0 Å². The molecule has 0 saturated heterocycles. The molecule has 0 atom stereocenters. The standard InChI is InChI=1S/C12H11Cl3N4O/c1-5(2)10-17-11(19-18-10)12(20)16-9-7(14)3-6(13)4-8(9)15/h3-5H,1-2H3,(H,16,20)(H,17,18,19). The number of amides is 1. The Balaban J connectivity index is 2.23. The van der Waals surface area contributed by atoms with E-state index in [9.17, 15) is 4.79 Å². The van der Waals surface area contributed by atoms with Crippen molar-refractivity contribution in [2.45, 2.75) is 19.8 Å². The van der Waals surface area contributed by atoms with Gasteiger partial charge in [0.2, 0.25) is 5.82 Å². The zero-order valence-electron chi connectivity index (χ0n) is 10.7. The number of halogens is 3. The Morgan fingerprint density at radius 3 is 2.35 bits per heavy atom. The van der Waals surface area contributed by atoms with Crippen LogP contribution in [0.15, 0.2) is 12.1 Å². The number of anilines is 1. The molecule has 0 bridgehead atoms. The highest BCUT2D eigenvalue weighted by atomic mass is 35.5. The van der Waals surface area contributed by atoms with Crippen molar-refractivity contribution in [3.63, 3.8) is 0 Å². The summed E-state index contributed by atoms with van der Waals surface area (Å²) in [6, 6.07) is 2.98. The van der Waals surface area contributed by atoms with Gasteiger partial charge in [-0.1, -0.05) is 48.7 Å². The normalized spacial score (nSPS) is 10.9. The summed E-state index contributed by atoms with van der Waals surface area (Å²) in [5, 5.41) is 10.00. The largest absolute Gasteiger partial charge is 0.317 e. The van der Waals surface area contributed by atoms with Gasteiger partial charge in [-0.25, -0.2) is 4.98 Å². The second-order valence-corrected chi connectivity index (χ2v) is 5.65. The molecule has 0 aliphatic rings. The Labute approximate surface area is 130 Å². The number of aromatic amines is 1. The van der Waals surface area contributed by atoms with E-state index in [1.54, 1.807) is 0 Å². The van der Waals surface area contributed by atoms with E-state index >= 15 is 0 Å². The van der Waals surface area contributed by atoms with Gasteiger partial charge in [-0.2, -0.15) is 0 Å². The summed E-state index contributed by atoms with van der Waals surface area (Å²) < 4.78 is 0. The first kappa shape index (κ1) is 15.1. The first-order valence-electron chi connectivity index (χ1n) is 5.76. The Morgan fingerprint density at radius 2 is 1.85 bits per heavy atom. The number of rotatable bonds is 3. The van der Waals surface area contributed by atoms with Gasteiger partial charge >= 0.3 is 0 Å². The second kappa shape index (κ2) is 5.99. The summed E-state index contributed by atoms with van der Waals surface area (Å²) in [4.78, 5) is 16.1. The number of nitrogens with one attached hydrogen (secondary N) is 2. The van der Waals surface area contributed by atoms with Crippen molar-refractivity contribution in [1.29, 1.82) is 0 Å². The van der Waals surface area contributed by atoms with Crippen LogP contribution in [0.1, 0.15) is 36.2 Å². The van der Waals surface area contributed by atoms with E-state index in [1.807, 2.05) is 13.8 Å². The van der Waals surface area contributed by atoms with Crippen LogP contribution in [-0.4, -0.2) is 21.1 Å². The first-order valence-corrected chi connectivity index (χ1v) is 6.90. The minimum atomic E-state index is -0.501. The van der Waals surface area contributed by atoms with Crippen molar-refractivity contribution in [3.05, 3.63) is 38.8 Å². The lowest BCUT2D eigenvalue weighted by Crippen LogP contribution is -2.14. The van der Waals surface area contributed by atoms with Crippen molar-refractivity contribution < 1.29 is 4.79 Å². The van der Waals surface area contributed by atoms with Crippen LogP contribution < -0.4 is 5.32 Å². The molecular weight excluding hydrogens is 323 g/mol. The molecule has 1 aromatic carbocycles. The highest BCUT2D eigenvalue weighted by molar-refractivity contribution is 6.42. The number of benzene rings is 1. The van der Waals surface area contributed by atoms with Crippen LogP contribution >= 0.6 is 34.8 Å². The topological polar surface area (TPSA) is 70.7 Å². The fourth-order valence-electron chi connectivity index (χ4n) is 1.47. The van der Waals surface area contributed by atoms with Gasteiger partial charge in [0.05, 0.1) is 15.7 Å². The molecule has 20 heavy (non-hydrogen) atoms. The summed E-state index contributed by atoms with van der Waals surface area (Å²) >= 11 is 17.8. The molecule has 0 aliphatic heterocycles. The van der Waals surface area contributed by atoms with Gasteiger partial charge in [0.1, 0.15) is 5.82 Å². The van der Waals surface area contributed by atoms with Crippen molar-refractivity contribution in [2.24, 2.45) is 0 Å². The zero-order chi connectivity index (χ0) is 14.9. The minimum absolute atomic E-state index is 0.0239.